The van der Waals surface area contributed by atoms with Crippen LogP contribution in [0.3, 0.4) is 0 Å². The van der Waals surface area contributed by atoms with Crippen molar-refractivity contribution in [1.29, 1.82) is 0 Å². The topological polar surface area (TPSA) is 77.3 Å². The Morgan fingerprint density at radius 1 is 0.220 bits per heavy atom. The Kier molecular flexibility index (Phi) is 10.0. The molecule has 8 rings (SSSR count). The smallest absolute Gasteiger partial charge is 0.164 e. The maximum Gasteiger partial charge on any atom is 0.164 e. The third-order valence-electron chi connectivity index (χ3n) is 7.60. The van der Waals surface area contributed by atoms with Crippen molar-refractivity contribution in [2.75, 3.05) is 0 Å². The summed E-state index contributed by atoms with van der Waals surface area (Å²) in [5.74, 6) is 3.87. The van der Waals surface area contributed by atoms with Crippen LogP contribution in [-0.2, 0) is 0 Å². The van der Waals surface area contributed by atoms with Crippen LogP contribution >= 0.6 is 23.2 Å². The fraction of sp³-hybridized carbons (Fsp3) is 0. The second-order valence-corrected chi connectivity index (χ2v) is 12.0. The van der Waals surface area contributed by atoms with Crippen LogP contribution in [0.1, 0.15) is 0 Å². The summed E-state index contributed by atoms with van der Waals surface area (Å²) in [6.45, 7) is 0. The lowest BCUT2D eigenvalue weighted by atomic mass is 10.1. The highest BCUT2D eigenvalue weighted by Crippen LogP contribution is 2.27. The van der Waals surface area contributed by atoms with Crippen LogP contribution in [0.25, 0.3) is 68.3 Å². The van der Waals surface area contributed by atoms with E-state index in [1.165, 1.54) is 0 Å². The molecule has 0 unspecified atom stereocenters. The molecule has 2 heterocycles. The molecule has 0 spiro atoms. The molecule has 0 aliphatic rings. The van der Waals surface area contributed by atoms with Crippen LogP contribution in [-0.4, -0.2) is 29.9 Å². The molecule has 240 valence electrons. The molecule has 6 aromatic carbocycles. The lowest BCUT2D eigenvalue weighted by molar-refractivity contribution is 1.07. The summed E-state index contributed by atoms with van der Waals surface area (Å²) >= 11 is 12.0. The van der Waals surface area contributed by atoms with Gasteiger partial charge in [0.15, 0.2) is 34.9 Å². The molecular formula is C42H28Cl2N6. The van der Waals surface area contributed by atoms with Crippen LogP contribution in [0.15, 0.2) is 170 Å². The fourth-order valence-electron chi connectivity index (χ4n) is 5.07. The maximum atomic E-state index is 6.00. The van der Waals surface area contributed by atoms with E-state index in [2.05, 4.69) is 29.9 Å². The number of nitrogens with zero attached hydrogens (tertiary/aromatic N) is 6. The van der Waals surface area contributed by atoms with Crippen molar-refractivity contribution < 1.29 is 0 Å². The predicted molar refractivity (Wildman–Crippen MR) is 202 cm³/mol. The summed E-state index contributed by atoms with van der Waals surface area (Å²) < 4.78 is 0. The molecule has 8 heteroatoms. The van der Waals surface area contributed by atoms with E-state index in [0.717, 1.165) is 33.4 Å². The van der Waals surface area contributed by atoms with Crippen LogP contribution < -0.4 is 0 Å². The van der Waals surface area contributed by atoms with Gasteiger partial charge in [0.1, 0.15) is 0 Å². The monoisotopic (exact) mass is 686 g/mol. The van der Waals surface area contributed by atoms with E-state index in [4.69, 9.17) is 23.2 Å². The van der Waals surface area contributed by atoms with Gasteiger partial charge in [-0.3, -0.25) is 0 Å². The molecule has 0 amide bonds. The van der Waals surface area contributed by atoms with Crippen LogP contribution in [0.2, 0.25) is 10.0 Å². The summed E-state index contributed by atoms with van der Waals surface area (Å²) in [7, 11) is 0. The molecule has 0 N–H and O–H groups in total. The van der Waals surface area contributed by atoms with Gasteiger partial charge in [0.2, 0.25) is 0 Å². The summed E-state index contributed by atoms with van der Waals surface area (Å²) in [5.41, 5.74) is 5.63. The molecular weight excluding hydrogens is 659 g/mol. The molecule has 2 aromatic heterocycles. The van der Waals surface area contributed by atoms with E-state index < -0.39 is 0 Å². The van der Waals surface area contributed by atoms with Crippen molar-refractivity contribution in [2.45, 2.75) is 0 Å². The molecule has 0 fully saturated rings. The van der Waals surface area contributed by atoms with Gasteiger partial charge in [-0.15, -0.1) is 0 Å². The Balaban J connectivity index is 0.000000157. The summed E-state index contributed by atoms with van der Waals surface area (Å²) in [5, 5.41) is 1.37. The van der Waals surface area contributed by atoms with E-state index in [1.54, 1.807) is 0 Å². The third-order valence-corrected chi connectivity index (χ3v) is 8.11. The van der Waals surface area contributed by atoms with E-state index in [1.807, 2.05) is 170 Å². The summed E-state index contributed by atoms with van der Waals surface area (Å²) in [6.07, 6.45) is 0. The molecule has 0 saturated carbocycles. The number of aromatic nitrogens is 6. The molecule has 0 bridgehead atoms. The van der Waals surface area contributed by atoms with Crippen molar-refractivity contribution >= 4 is 23.2 Å². The van der Waals surface area contributed by atoms with E-state index in [0.29, 0.717) is 45.0 Å². The van der Waals surface area contributed by atoms with Crippen LogP contribution in [0.5, 0.6) is 0 Å². The minimum atomic E-state index is 0.629. The van der Waals surface area contributed by atoms with Crippen LogP contribution in [0, 0.1) is 0 Å². The van der Waals surface area contributed by atoms with E-state index >= 15 is 0 Å². The molecule has 6 nitrogen and oxygen atoms in total. The van der Waals surface area contributed by atoms with Gasteiger partial charge >= 0.3 is 0 Å². The number of rotatable bonds is 6. The zero-order valence-electron chi connectivity index (χ0n) is 26.6. The number of hydrogen-bond donors (Lipinski definition) is 0. The largest absolute Gasteiger partial charge is 0.208 e. The predicted octanol–water partition coefficient (Wildman–Crippen LogP) is 11.1. The van der Waals surface area contributed by atoms with Crippen molar-refractivity contribution in [3.8, 4) is 68.3 Å². The van der Waals surface area contributed by atoms with Crippen molar-refractivity contribution in [2.24, 2.45) is 0 Å². The van der Waals surface area contributed by atoms with Crippen LogP contribution in [0.4, 0.5) is 0 Å². The van der Waals surface area contributed by atoms with Gasteiger partial charge in [0, 0.05) is 43.4 Å². The van der Waals surface area contributed by atoms with Gasteiger partial charge in [-0.2, -0.15) is 0 Å². The second kappa shape index (κ2) is 15.4. The first-order valence-electron chi connectivity index (χ1n) is 15.8. The van der Waals surface area contributed by atoms with Crippen molar-refractivity contribution in [3.63, 3.8) is 0 Å². The third kappa shape index (κ3) is 7.96. The van der Waals surface area contributed by atoms with Gasteiger partial charge < -0.3 is 0 Å². The minimum absolute atomic E-state index is 0.629. The lowest BCUT2D eigenvalue weighted by Gasteiger charge is -2.08. The highest BCUT2D eigenvalue weighted by molar-refractivity contribution is 6.30. The van der Waals surface area contributed by atoms with Crippen molar-refractivity contribution in [3.05, 3.63) is 180 Å². The fourth-order valence-corrected chi connectivity index (χ4v) is 5.33. The first kappa shape index (κ1) is 32.5. The number of benzene rings is 6. The van der Waals surface area contributed by atoms with E-state index in [9.17, 15) is 0 Å². The quantitative estimate of drug-likeness (QED) is 0.173. The van der Waals surface area contributed by atoms with Gasteiger partial charge in [-0.1, -0.05) is 145 Å². The molecule has 0 saturated heterocycles. The second-order valence-electron chi connectivity index (χ2n) is 11.1. The minimum Gasteiger partial charge on any atom is -0.208 e. The summed E-state index contributed by atoms with van der Waals surface area (Å²) in [4.78, 5) is 28.0. The van der Waals surface area contributed by atoms with Gasteiger partial charge in [-0.05, 0) is 48.5 Å². The Morgan fingerprint density at radius 2 is 0.400 bits per heavy atom. The molecule has 0 radical (unpaired) electrons. The van der Waals surface area contributed by atoms with E-state index in [-0.39, 0.29) is 0 Å². The zero-order valence-corrected chi connectivity index (χ0v) is 28.1. The maximum absolute atomic E-state index is 6.00. The van der Waals surface area contributed by atoms with Gasteiger partial charge in [0.05, 0.1) is 0 Å². The SMILES string of the molecule is Clc1ccc(-c2nc(-c3ccccc3)nc(-c3ccccc3)n2)cc1.Clc1ccc(-c2nc(-c3ccccc3)nc(-c3ccccc3)n2)cc1. The first-order chi connectivity index (χ1) is 24.6. The molecule has 0 atom stereocenters. The standard InChI is InChI=1S/2C21H14ClN3/c2*22-18-13-11-17(12-14-18)21-24-19(15-7-3-1-4-8-15)23-20(25-21)16-9-5-2-6-10-16/h2*1-14H. The Labute approximate surface area is 300 Å². The van der Waals surface area contributed by atoms with Gasteiger partial charge in [-0.25, -0.2) is 29.9 Å². The first-order valence-corrected chi connectivity index (χ1v) is 16.6. The average Bonchev–Trinajstić information content (AvgIpc) is 3.20. The highest BCUT2D eigenvalue weighted by Gasteiger charge is 2.13. The number of halogens is 2. The normalized spacial score (nSPS) is 10.6. The van der Waals surface area contributed by atoms with Crippen molar-refractivity contribution in [1.82, 2.24) is 29.9 Å². The lowest BCUT2D eigenvalue weighted by Crippen LogP contribution is -1.99. The molecule has 0 aliphatic heterocycles. The molecule has 8 aromatic rings. The zero-order chi connectivity index (χ0) is 34.1. The molecule has 0 aliphatic carbocycles. The Bertz CT molecular complexity index is 2020. The Hall–Kier alpha value is -6.08. The highest BCUT2D eigenvalue weighted by atomic mass is 35.5. The Morgan fingerprint density at radius 3 is 0.600 bits per heavy atom. The molecule has 50 heavy (non-hydrogen) atoms. The average molecular weight is 688 g/mol. The summed E-state index contributed by atoms with van der Waals surface area (Å²) in [6, 6.07) is 54.7. The number of hydrogen-bond acceptors (Lipinski definition) is 6. The van der Waals surface area contributed by atoms with Gasteiger partial charge in [0.25, 0.3) is 0 Å².